The van der Waals surface area contributed by atoms with Gasteiger partial charge in [0.05, 0.1) is 18.9 Å². The lowest BCUT2D eigenvalue weighted by Gasteiger charge is -2.29. The lowest BCUT2D eigenvalue weighted by atomic mass is 10.0. The van der Waals surface area contributed by atoms with Crippen LogP contribution in [-0.4, -0.2) is 12.5 Å². The maximum absolute atomic E-state index is 13.2. The Morgan fingerprint density at radius 1 is 1.37 bits per heavy atom. The third-order valence-corrected chi connectivity index (χ3v) is 3.40. The normalized spacial score (nSPS) is 14.3. The van der Waals surface area contributed by atoms with E-state index in [9.17, 15) is 9.18 Å². The van der Waals surface area contributed by atoms with Gasteiger partial charge in [0, 0.05) is 12.2 Å². The summed E-state index contributed by atoms with van der Waals surface area (Å²) in [7, 11) is 0. The maximum atomic E-state index is 13.2. The molecular formula is C15H14FNO2. The summed E-state index contributed by atoms with van der Waals surface area (Å²) in [6.07, 6.45) is 5.14. The number of aryl methyl sites for hydroxylation is 1. The Bertz CT molecular complexity index is 592. The van der Waals surface area contributed by atoms with Crippen LogP contribution >= 0.6 is 0 Å². The molecule has 1 aromatic heterocycles. The fraction of sp³-hybridized carbons (Fsp3) is 0.267. The summed E-state index contributed by atoms with van der Waals surface area (Å²) in [4.78, 5) is 14.0. The number of hydrogen-bond donors (Lipinski definition) is 0. The summed E-state index contributed by atoms with van der Waals surface area (Å²) in [6, 6.07) is 6.40. The molecule has 0 N–H and O–H groups in total. The van der Waals surface area contributed by atoms with Crippen molar-refractivity contribution in [3.05, 3.63) is 53.7 Å². The van der Waals surface area contributed by atoms with Crippen molar-refractivity contribution in [3.63, 3.8) is 0 Å². The summed E-state index contributed by atoms with van der Waals surface area (Å²) in [6.45, 7) is 0.690. The molecule has 1 aromatic carbocycles. The summed E-state index contributed by atoms with van der Waals surface area (Å²) >= 11 is 0. The molecular weight excluding hydrogens is 245 g/mol. The van der Waals surface area contributed by atoms with E-state index in [0.29, 0.717) is 13.0 Å². The number of amides is 1. The van der Waals surface area contributed by atoms with Gasteiger partial charge in [0.2, 0.25) is 5.91 Å². The van der Waals surface area contributed by atoms with Gasteiger partial charge in [0.25, 0.3) is 0 Å². The van der Waals surface area contributed by atoms with E-state index in [1.54, 1.807) is 29.6 Å². The van der Waals surface area contributed by atoms with Crippen LogP contribution in [0.5, 0.6) is 0 Å². The van der Waals surface area contributed by atoms with Crippen molar-refractivity contribution in [2.45, 2.75) is 19.3 Å². The molecule has 0 atom stereocenters. The molecule has 0 saturated carbocycles. The van der Waals surface area contributed by atoms with Crippen molar-refractivity contribution < 1.29 is 13.6 Å². The van der Waals surface area contributed by atoms with Crippen molar-refractivity contribution >= 4 is 11.6 Å². The van der Waals surface area contributed by atoms with Crippen molar-refractivity contribution in [2.75, 3.05) is 11.4 Å². The molecule has 1 aliphatic heterocycles. The summed E-state index contributed by atoms with van der Waals surface area (Å²) < 4.78 is 18.2. The SMILES string of the molecule is O=C(Cc1ccoc1)N1CCCc2cc(F)ccc21. The zero-order valence-electron chi connectivity index (χ0n) is 10.4. The Hall–Kier alpha value is -2.10. The highest BCUT2D eigenvalue weighted by Gasteiger charge is 2.22. The molecule has 0 spiro atoms. The van der Waals surface area contributed by atoms with Gasteiger partial charge in [-0.15, -0.1) is 0 Å². The van der Waals surface area contributed by atoms with Gasteiger partial charge in [-0.3, -0.25) is 4.79 Å². The number of rotatable bonds is 2. The van der Waals surface area contributed by atoms with Crippen LogP contribution in [0.3, 0.4) is 0 Å². The average molecular weight is 259 g/mol. The van der Waals surface area contributed by atoms with Gasteiger partial charge in [-0.25, -0.2) is 4.39 Å². The number of carbonyl (C=O) groups excluding carboxylic acids is 1. The largest absolute Gasteiger partial charge is 0.472 e. The fourth-order valence-corrected chi connectivity index (χ4v) is 2.49. The Morgan fingerprint density at radius 3 is 3.05 bits per heavy atom. The van der Waals surface area contributed by atoms with Crippen LogP contribution in [0.25, 0.3) is 0 Å². The van der Waals surface area contributed by atoms with E-state index < -0.39 is 0 Å². The molecule has 0 aliphatic carbocycles. The van der Waals surface area contributed by atoms with E-state index in [4.69, 9.17) is 4.42 Å². The van der Waals surface area contributed by atoms with Crippen LogP contribution in [0.2, 0.25) is 0 Å². The molecule has 0 bridgehead atoms. The first kappa shape index (κ1) is 12.0. The van der Waals surface area contributed by atoms with Crippen LogP contribution in [0, 0.1) is 5.82 Å². The Kier molecular flexibility index (Phi) is 3.07. The zero-order chi connectivity index (χ0) is 13.2. The van der Waals surface area contributed by atoms with Crippen LogP contribution in [0.1, 0.15) is 17.5 Å². The molecule has 0 saturated heterocycles. The summed E-state index contributed by atoms with van der Waals surface area (Å²) in [5, 5.41) is 0. The average Bonchev–Trinajstić information content (AvgIpc) is 2.90. The van der Waals surface area contributed by atoms with E-state index in [-0.39, 0.29) is 11.7 Å². The number of anilines is 1. The number of fused-ring (bicyclic) bond motifs is 1. The second kappa shape index (κ2) is 4.88. The lowest BCUT2D eigenvalue weighted by molar-refractivity contribution is -0.118. The molecule has 98 valence electrons. The van der Waals surface area contributed by atoms with E-state index >= 15 is 0 Å². The molecule has 0 radical (unpaired) electrons. The minimum absolute atomic E-state index is 0.0222. The Morgan fingerprint density at radius 2 is 2.26 bits per heavy atom. The number of hydrogen-bond acceptors (Lipinski definition) is 2. The Balaban J connectivity index is 1.85. The zero-order valence-corrected chi connectivity index (χ0v) is 10.4. The molecule has 2 heterocycles. The predicted molar refractivity (Wildman–Crippen MR) is 69.5 cm³/mol. The van der Waals surface area contributed by atoms with E-state index in [1.807, 2.05) is 0 Å². The standard InChI is InChI=1S/C15H14FNO2/c16-13-3-4-14-12(9-13)2-1-6-17(14)15(18)8-11-5-7-19-10-11/h3-5,7,9-10H,1-2,6,8H2. The number of benzene rings is 1. The van der Waals surface area contributed by atoms with Gasteiger partial charge in [-0.05, 0) is 48.2 Å². The quantitative estimate of drug-likeness (QED) is 0.830. The first-order valence-electron chi connectivity index (χ1n) is 6.34. The number of halogens is 1. The highest BCUT2D eigenvalue weighted by atomic mass is 19.1. The van der Waals surface area contributed by atoms with Crippen molar-refractivity contribution in [1.29, 1.82) is 0 Å². The van der Waals surface area contributed by atoms with Gasteiger partial charge < -0.3 is 9.32 Å². The first-order chi connectivity index (χ1) is 9.24. The highest BCUT2D eigenvalue weighted by Crippen LogP contribution is 2.28. The van der Waals surface area contributed by atoms with Gasteiger partial charge in [-0.1, -0.05) is 0 Å². The van der Waals surface area contributed by atoms with Crippen LogP contribution in [0.15, 0.2) is 41.2 Å². The second-order valence-electron chi connectivity index (χ2n) is 4.73. The number of nitrogens with zero attached hydrogens (tertiary/aromatic N) is 1. The van der Waals surface area contributed by atoms with Crippen LogP contribution < -0.4 is 4.90 Å². The third kappa shape index (κ3) is 2.38. The van der Waals surface area contributed by atoms with Crippen molar-refractivity contribution in [2.24, 2.45) is 0 Å². The van der Waals surface area contributed by atoms with E-state index in [1.165, 1.54) is 12.1 Å². The number of carbonyl (C=O) groups is 1. The molecule has 19 heavy (non-hydrogen) atoms. The minimum Gasteiger partial charge on any atom is -0.472 e. The molecule has 0 fully saturated rings. The summed E-state index contributed by atoms with van der Waals surface area (Å²) in [5.74, 6) is -0.225. The third-order valence-electron chi connectivity index (χ3n) is 3.40. The highest BCUT2D eigenvalue weighted by molar-refractivity contribution is 5.95. The van der Waals surface area contributed by atoms with Crippen molar-refractivity contribution in [1.82, 2.24) is 0 Å². The van der Waals surface area contributed by atoms with Gasteiger partial charge >= 0.3 is 0 Å². The number of furan rings is 1. The topological polar surface area (TPSA) is 33.5 Å². The second-order valence-corrected chi connectivity index (χ2v) is 4.73. The van der Waals surface area contributed by atoms with Gasteiger partial charge in [0.15, 0.2) is 0 Å². The summed E-state index contributed by atoms with van der Waals surface area (Å²) in [5.41, 5.74) is 2.60. The maximum Gasteiger partial charge on any atom is 0.231 e. The lowest BCUT2D eigenvalue weighted by Crippen LogP contribution is -2.36. The van der Waals surface area contributed by atoms with Crippen LogP contribution in [0.4, 0.5) is 10.1 Å². The van der Waals surface area contributed by atoms with E-state index in [2.05, 4.69) is 0 Å². The van der Waals surface area contributed by atoms with Crippen LogP contribution in [-0.2, 0) is 17.6 Å². The molecule has 1 aliphatic rings. The molecule has 3 nitrogen and oxygen atoms in total. The molecule has 1 amide bonds. The molecule has 4 heteroatoms. The minimum atomic E-state index is -0.247. The Labute approximate surface area is 110 Å². The first-order valence-corrected chi connectivity index (χ1v) is 6.34. The van der Waals surface area contributed by atoms with E-state index in [0.717, 1.165) is 29.7 Å². The fourth-order valence-electron chi connectivity index (χ4n) is 2.49. The van der Waals surface area contributed by atoms with Crippen molar-refractivity contribution in [3.8, 4) is 0 Å². The molecule has 2 aromatic rings. The smallest absolute Gasteiger partial charge is 0.231 e. The predicted octanol–water partition coefficient (Wildman–Crippen LogP) is 2.94. The monoisotopic (exact) mass is 259 g/mol. The van der Waals surface area contributed by atoms with Gasteiger partial charge in [-0.2, -0.15) is 0 Å². The molecule has 3 rings (SSSR count). The van der Waals surface area contributed by atoms with Gasteiger partial charge in [0.1, 0.15) is 5.82 Å². The molecule has 0 unspecified atom stereocenters.